The number of likely N-dealkylation sites (N-methyl/N-ethyl adjacent to an activating group) is 1. The van der Waals surface area contributed by atoms with Gasteiger partial charge in [0, 0.05) is 18.0 Å². The molecule has 0 unspecified atom stereocenters. The topological polar surface area (TPSA) is 55.2 Å². The minimum Gasteiger partial charge on any atom is -0.316 e. The number of thiophene rings is 1. The highest BCUT2D eigenvalue weighted by molar-refractivity contribution is 7.13. The van der Waals surface area contributed by atoms with Gasteiger partial charge in [-0.3, -0.25) is 10.1 Å². The molecule has 1 rings (SSSR count). The zero-order chi connectivity index (χ0) is 9.68. The lowest BCUT2D eigenvalue weighted by Gasteiger charge is -1.86. The van der Waals surface area contributed by atoms with E-state index in [9.17, 15) is 10.1 Å². The van der Waals surface area contributed by atoms with Crippen molar-refractivity contribution in [2.75, 3.05) is 13.6 Å². The second-order valence-electron chi connectivity index (χ2n) is 2.44. The normalized spacial score (nSPS) is 10.8. The molecule has 1 heterocycles. The van der Waals surface area contributed by atoms with Gasteiger partial charge in [0.1, 0.15) is 0 Å². The van der Waals surface area contributed by atoms with Crippen LogP contribution in [-0.2, 0) is 0 Å². The molecule has 0 bridgehead atoms. The molecular formula is C8H10N2O2S. The molecule has 0 saturated heterocycles. The summed E-state index contributed by atoms with van der Waals surface area (Å²) < 4.78 is 0. The summed E-state index contributed by atoms with van der Waals surface area (Å²) in [6, 6.07) is 1.57. The molecule has 0 spiro atoms. The highest BCUT2D eigenvalue weighted by Gasteiger charge is 2.06. The van der Waals surface area contributed by atoms with Crippen LogP contribution in [0.15, 0.2) is 17.5 Å². The summed E-state index contributed by atoms with van der Waals surface area (Å²) in [7, 11) is 1.85. The molecule has 0 aliphatic rings. The molecule has 5 heteroatoms. The highest BCUT2D eigenvalue weighted by Crippen LogP contribution is 2.23. The van der Waals surface area contributed by atoms with Crippen molar-refractivity contribution in [3.8, 4) is 0 Å². The van der Waals surface area contributed by atoms with Crippen molar-refractivity contribution in [3.05, 3.63) is 33.2 Å². The van der Waals surface area contributed by atoms with E-state index in [0.717, 1.165) is 23.4 Å². The molecule has 0 fully saturated rings. The molecule has 0 aromatic carbocycles. The monoisotopic (exact) mass is 198 g/mol. The first-order chi connectivity index (χ1) is 6.24. The van der Waals surface area contributed by atoms with Crippen molar-refractivity contribution >= 4 is 22.4 Å². The van der Waals surface area contributed by atoms with Crippen LogP contribution in [-0.4, -0.2) is 18.5 Å². The van der Waals surface area contributed by atoms with E-state index in [4.69, 9.17) is 0 Å². The molecule has 0 saturated carbocycles. The molecule has 0 amide bonds. The Kier molecular flexibility index (Phi) is 3.60. The van der Waals surface area contributed by atoms with Crippen molar-refractivity contribution in [1.82, 2.24) is 5.32 Å². The summed E-state index contributed by atoms with van der Waals surface area (Å²) in [5.74, 6) is 0. The van der Waals surface area contributed by atoms with Gasteiger partial charge in [0.05, 0.1) is 4.92 Å². The zero-order valence-corrected chi connectivity index (χ0v) is 8.00. The van der Waals surface area contributed by atoms with Gasteiger partial charge in [0.2, 0.25) is 0 Å². The molecule has 1 aromatic heterocycles. The van der Waals surface area contributed by atoms with Crippen molar-refractivity contribution < 1.29 is 4.92 Å². The summed E-state index contributed by atoms with van der Waals surface area (Å²) in [4.78, 5) is 9.95. The number of nitro groups is 1. The summed E-state index contributed by atoms with van der Waals surface area (Å²) >= 11 is 1.14. The lowest BCUT2D eigenvalue weighted by molar-refractivity contribution is -0.380. The molecule has 1 aromatic rings. The van der Waals surface area contributed by atoms with Gasteiger partial charge in [-0.15, -0.1) is 0 Å². The van der Waals surface area contributed by atoms with E-state index in [0.29, 0.717) is 0 Å². The van der Waals surface area contributed by atoms with Gasteiger partial charge in [-0.25, -0.2) is 0 Å². The summed E-state index contributed by atoms with van der Waals surface area (Å²) in [6.07, 6.45) is 3.78. The standard InChI is InChI=1S/C8H10N2O2S/c1-9-4-2-3-7-5-8(10(11)12)13-6-7/h2-3,5-6,9H,4H2,1H3. The highest BCUT2D eigenvalue weighted by atomic mass is 32.1. The fraction of sp³-hybridized carbons (Fsp3) is 0.250. The van der Waals surface area contributed by atoms with Gasteiger partial charge in [-0.1, -0.05) is 23.5 Å². The van der Waals surface area contributed by atoms with Crippen molar-refractivity contribution in [2.24, 2.45) is 0 Å². The lowest BCUT2D eigenvalue weighted by Crippen LogP contribution is -2.03. The first-order valence-electron chi connectivity index (χ1n) is 3.78. The Hall–Kier alpha value is -1.20. The van der Waals surface area contributed by atoms with Gasteiger partial charge in [-0.2, -0.15) is 0 Å². The van der Waals surface area contributed by atoms with Gasteiger partial charge in [-0.05, 0) is 12.6 Å². The maximum atomic E-state index is 10.3. The molecule has 1 N–H and O–H groups in total. The summed E-state index contributed by atoms with van der Waals surface area (Å²) in [6.45, 7) is 0.768. The fourth-order valence-electron chi connectivity index (χ4n) is 0.835. The Bertz CT molecular complexity index is 320. The Balaban J connectivity index is 2.64. The Morgan fingerprint density at radius 2 is 2.54 bits per heavy atom. The first-order valence-corrected chi connectivity index (χ1v) is 4.66. The molecular weight excluding hydrogens is 188 g/mol. The number of nitrogens with zero attached hydrogens (tertiary/aromatic N) is 1. The second-order valence-corrected chi connectivity index (χ2v) is 3.33. The SMILES string of the molecule is CNCC=Cc1csc([N+](=O)[O-])c1. The van der Waals surface area contributed by atoms with E-state index in [1.165, 1.54) is 0 Å². The minimum absolute atomic E-state index is 0.184. The number of rotatable bonds is 4. The predicted molar refractivity (Wildman–Crippen MR) is 53.9 cm³/mol. The van der Waals surface area contributed by atoms with Crippen LogP contribution >= 0.6 is 11.3 Å². The van der Waals surface area contributed by atoms with Crippen LogP contribution in [0.5, 0.6) is 0 Å². The van der Waals surface area contributed by atoms with Crippen LogP contribution in [0.2, 0.25) is 0 Å². The van der Waals surface area contributed by atoms with Crippen LogP contribution in [0.25, 0.3) is 6.08 Å². The maximum absolute atomic E-state index is 10.3. The molecule has 0 aliphatic heterocycles. The van der Waals surface area contributed by atoms with Gasteiger partial charge in [0.15, 0.2) is 0 Å². The third kappa shape index (κ3) is 2.96. The van der Waals surface area contributed by atoms with E-state index in [-0.39, 0.29) is 9.92 Å². The molecule has 0 aliphatic carbocycles. The van der Waals surface area contributed by atoms with Gasteiger partial charge < -0.3 is 5.32 Å². The summed E-state index contributed by atoms with van der Waals surface area (Å²) in [5.41, 5.74) is 0.881. The smallest absolute Gasteiger partial charge is 0.316 e. The zero-order valence-electron chi connectivity index (χ0n) is 7.19. The Morgan fingerprint density at radius 3 is 3.08 bits per heavy atom. The molecule has 70 valence electrons. The third-order valence-corrected chi connectivity index (χ3v) is 2.32. The van der Waals surface area contributed by atoms with Crippen molar-refractivity contribution in [2.45, 2.75) is 0 Å². The van der Waals surface area contributed by atoms with E-state index >= 15 is 0 Å². The maximum Gasteiger partial charge on any atom is 0.324 e. The Labute approximate surface area is 80.0 Å². The average molecular weight is 198 g/mol. The number of hydrogen-bond donors (Lipinski definition) is 1. The number of hydrogen-bond acceptors (Lipinski definition) is 4. The van der Waals surface area contributed by atoms with E-state index in [1.54, 1.807) is 11.4 Å². The molecule has 4 nitrogen and oxygen atoms in total. The van der Waals surface area contributed by atoms with Gasteiger partial charge in [0.25, 0.3) is 0 Å². The van der Waals surface area contributed by atoms with Crippen LogP contribution in [0.1, 0.15) is 5.56 Å². The van der Waals surface area contributed by atoms with Crippen LogP contribution in [0, 0.1) is 10.1 Å². The number of nitrogens with one attached hydrogen (secondary N) is 1. The predicted octanol–water partition coefficient (Wildman–Crippen LogP) is 1.89. The summed E-state index contributed by atoms with van der Waals surface area (Å²) in [5, 5.41) is 15.2. The van der Waals surface area contributed by atoms with E-state index < -0.39 is 0 Å². The van der Waals surface area contributed by atoms with Crippen LogP contribution in [0.4, 0.5) is 5.00 Å². The average Bonchev–Trinajstić information content (AvgIpc) is 2.53. The molecule has 0 atom stereocenters. The fourth-order valence-corrected chi connectivity index (χ4v) is 1.53. The largest absolute Gasteiger partial charge is 0.324 e. The molecule has 0 radical (unpaired) electrons. The first kappa shape index (κ1) is 9.88. The van der Waals surface area contributed by atoms with Crippen LogP contribution < -0.4 is 5.32 Å². The van der Waals surface area contributed by atoms with Gasteiger partial charge >= 0.3 is 5.00 Å². The minimum atomic E-state index is -0.375. The van der Waals surface area contributed by atoms with E-state index in [1.807, 2.05) is 19.2 Å². The van der Waals surface area contributed by atoms with Crippen LogP contribution in [0.3, 0.4) is 0 Å². The molecule has 13 heavy (non-hydrogen) atoms. The quantitative estimate of drug-likeness (QED) is 0.593. The van der Waals surface area contributed by atoms with Crippen molar-refractivity contribution in [3.63, 3.8) is 0 Å². The van der Waals surface area contributed by atoms with Crippen molar-refractivity contribution in [1.29, 1.82) is 0 Å². The Morgan fingerprint density at radius 1 is 1.77 bits per heavy atom. The third-order valence-electron chi connectivity index (χ3n) is 1.42. The van der Waals surface area contributed by atoms with E-state index in [2.05, 4.69) is 5.32 Å². The second kappa shape index (κ2) is 4.74. The lowest BCUT2D eigenvalue weighted by atomic mass is 10.3.